The summed E-state index contributed by atoms with van der Waals surface area (Å²) in [5, 5.41) is 3.27. The van der Waals surface area contributed by atoms with Crippen molar-refractivity contribution in [1.29, 1.82) is 0 Å². The van der Waals surface area contributed by atoms with E-state index >= 15 is 0 Å². The van der Waals surface area contributed by atoms with Gasteiger partial charge in [-0.05, 0) is 37.1 Å². The third-order valence-electron chi connectivity index (χ3n) is 2.96. The molecule has 88 valence electrons. The highest BCUT2D eigenvalue weighted by Crippen LogP contribution is 2.24. The molecule has 1 unspecified atom stereocenters. The average molecular weight is 223 g/mol. The van der Waals surface area contributed by atoms with Gasteiger partial charge < -0.3 is 10.1 Å². The zero-order valence-electron chi connectivity index (χ0n) is 9.58. The van der Waals surface area contributed by atoms with E-state index in [-0.39, 0.29) is 18.0 Å². The van der Waals surface area contributed by atoms with Crippen LogP contribution in [0.2, 0.25) is 0 Å². The molecule has 2 rings (SSSR count). The minimum Gasteiger partial charge on any atom is -0.369 e. The van der Waals surface area contributed by atoms with Gasteiger partial charge in [0, 0.05) is 6.54 Å². The van der Waals surface area contributed by atoms with E-state index in [1.807, 2.05) is 6.07 Å². The van der Waals surface area contributed by atoms with Crippen LogP contribution >= 0.6 is 0 Å². The molecule has 1 aliphatic rings. The van der Waals surface area contributed by atoms with Gasteiger partial charge >= 0.3 is 0 Å². The first-order valence-electron chi connectivity index (χ1n) is 5.91. The summed E-state index contributed by atoms with van der Waals surface area (Å²) in [7, 11) is 0. The highest BCUT2D eigenvalue weighted by molar-refractivity contribution is 5.19. The lowest BCUT2D eigenvalue weighted by Crippen LogP contribution is -2.19. The molecule has 1 N–H and O–H groups in total. The van der Waals surface area contributed by atoms with Gasteiger partial charge in [-0.2, -0.15) is 0 Å². The molecule has 0 bridgehead atoms. The third-order valence-corrected chi connectivity index (χ3v) is 2.96. The van der Waals surface area contributed by atoms with Crippen LogP contribution in [0.4, 0.5) is 4.39 Å². The second kappa shape index (κ2) is 5.41. The lowest BCUT2D eigenvalue weighted by Gasteiger charge is -2.20. The van der Waals surface area contributed by atoms with Crippen LogP contribution in [0.15, 0.2) is 24.3 Å². The molecular weight excluding hydrogens is 205 g/mol. The monoisotopic (exact) mass is 223 g/mol. The van der Waals surface area contributed by atoms with Crippen LogP contribution in [-0.4, -0.2) is 19.2 Å². The van der Waals surface area contributed by atoms with E-state index in [1.54, 1.807) is 12.1 Å². The molecule has 1 aromatic rings. The highest BCUT2D eigenvalue weighted by Gasteiger charge is 2.20. The summed E-state index contributed by atoms with van der Waals surface area (Å²) < 4.78 is 19.1. The number of rotatable bonds is 4. The maximum absolute atomic E-state index is 13.1. The number of benzene rings is 1. The Bertz CT molecular complexity index is 336. The summed E-state index contributed by atoms with van der Waals surface area (Å²) in [6.45, 7) is 3.99. The SMILES string of the molecule is CC[C@H](OC1CCNC1)c1cccc(F)c1. The van der Waals surface area contributed by atoms with Crippen LogP contribution in [0.5, 0.6) is 0 Å². The van der Waals surface area contributed by atoms with Crippen molar-refractivity contribution in [3.05, 3.63) is 35.6 Å². The molecule has 0 radical (unpaired) electrons. The molecule has 0 aliphatic carbocycles. The lowest BCUT2D eigenvalue weighted by molar-refractivity contribution is -0.00462. The summed E-state index contributed by atoms with van der Waals surface area (Å²) >= 11 is 0. The highest BCUT2D eigenvalue weighted by atomic mass is 19.1. The molecule has 0 amide bonds. The first-order chi connectivity index (χ1) is 7.79. The fraction of sp³-hybridized carbons (Fsp3) is 0.538. The zero-order chi connectivity index (χ0) is 11.4. The quantitative estimate of drug-likeness (QED) is 0.847. The predicted molar refractivity (Wildman–Crippen MR) is 61.8 cm³/mol. The average Bonchev–Trinajstić information content (AvgIpc) is 2.78. The van der Waals surface area contributed by atoms with Crippen LogP contribution in [-0.2, 0) is 4.74 Å². The molecule has 2 nitrogen and oxygen atoms in total. The largest absolute Gasteiger partial charge is 0.369 e. The van der Waals surface area contributed by atoms with Gasteiger partial charge in [-0.15, -0.1) is 0 Å². The van der Waals surface area contributed by atoms with Crippen molar-refractivity contribution in [2.75, 3.05) is 13.1 Å². The Kier molecular flexibility index (Phi) is 3.91. The molecule has 1 fully saturated rings. The summed E-state index contributed by atoms with van der Waals surface area (Å²) in [4.78, 5) is 0. The van der Waals surface area contributed by atoms with Gasteiger partial charge in [0.05, 0.1) is 12.2 Å². The first-order valence-corrected chi connectivity index (χ1v) is 5.91. The Morgan fingerprint density at radius 2 is 2.44 bits per heavy atom. The second-order valence-corrected chi connectivity index (χ2v) is 4.20. The van der Waals surface area contributed by atoms with Crippen molar-refractivity contribution >= 4 is 0 Å². The van der Waals surface area contributed by atoms with Crippen molar-refractivity contribution in [2.45, 2.75) is 32.0 Å². The minimum atomic E-state index is -0.191. The van der Waals surface area contributed by atoms with Gasteiger partial charge in [-0.1, -0.05) is 19.1 Å². The second-order valence-electron chi connectivity index (χ2n) is 4.20. The number of hydrogen-bond acceptors (Lipinski definition) is 2. The van der Waals surface area contributed by atoms with Crippen LogP contribution in [0.3, 0.4) is 0 Å². The van der Waals surface area contributed by atoms with E-state index in [4.69, 9.17) is 4.74 Å². The van der Waals surface area contributed by atoms with Crippen molar-refractivity contribution in [3.8, 4) is 0 Å². The number of hydrogen-bond donors (Lipinski definition) is 1. The van der Waals surface area contributed by atoms with E-state index in [9.17, 15) is 4.39 Å². The molecule has 1 heterocycles. The number of halogens is 1. The maximum atomic E-state index is 13.1. The van der Waals surface area contributed by atoms with Crippen LogP contribution in [0.1, 0.15) is 31.4 Å². The van der Waals surface area contributed by atoms with Gasteiger partial charge in [0.25, 0.3) is 0 Å². The van der Waals surface area contributed by atoms with Crippen molar-refractivity contribution in [1.82, 2.24) is 5.32 Å². The standard InChI is InChI=1S/C13H18FNO/c1-2-13(16-12-6-7-15-9-12)10-4-3-5-11(14)8-10/h3-5,8,12-13,15H,2,6-7,9H2,1H3/t12?,13-/m0/s1. The van der Waals surface area contributed by atoms with Gasteiger partial charge in [0.15, 0.2) is 0 Å². The Balaban J connectivity index is 2.03. The van der Waals surface area contributed by atoms with Gasteiger partial charge in [0.2, 0.25) is 0 Å². The molecule has 1 saturated heterocycles. The van der Waals surface area contributed by atoms with E-state index in [1.165, 1.54) is 6.07 Å². The van der Waals surface area contributed by atoms with Gasteiger partial charge in [0.1, 0.15) is 5.82 Å². The molecule has 3 heteroatoms. The smallest absolute Gasteiger partial charge is 0.123 e. The van der Waals surface area contributed by atoms with E-state index < -0.39 is 0 Å². The normalized spacial score (nSPS) is 22.2. The lowest BCUT2D eigenvalue weighted by atomic mass is 10.1. The molecule has 2 atom stereocenters. The molecule has 16 heavy (non-hydrogen) atoms. The molecule has 1 aliphatic heterocycles. The van der Waals surface area contributed by atoms with Gasteiger partial charge in [-0.3, -0.25) is 0 Å². The molecule has 0 aromatic heterocycles. The van der Waals surface area contributed by atoms with E-state index in [0.717, 1.165) is 31.5 Å². The Morgan fingerprint density at radius 1 is 1.56 bits per heavy atom. The van der Waals surface area contributed by atoms with Crippen LogP contribution < -0.4 is 5.32 Å². The topological polar surface area (TPSA) is 21.3 Å². The summed E-state index contributed by atoms with van der Waals surface area (Å²) in [6.07, 6.45) is 2.21. The first kappa shape index (κ1) is 11.6. The Labute approximate surface area is 95.8 Å². The van der Waals surface area contributed by atoms with E-state index in [0.29, 0.717) is 0 Å². The molecule has 1 aromatic carbocycles. The van der Waals surface area contributed by atoms with E-state index in [2.05, 4.69) is 12.2 Å². The molecule has 0 spiro atoms. The van der Waals surface area contributed by atoms with Gasteiger partial charge in [-0.25, -0.2) is 4.39 Å². The number of nitrogens with one attached hydrogen (secondary N) is 1. The van der Waals surface area contributed by atoms with Crippen molar-refractivity contribution in [3.63, 3.8) is 0 Å². The molecular formula is C13H18FNO. The predicted octanol–water partition coefficient (Wildman–Crippen LogP) is 2.66. The van der Waals surface area contributed by atoms with Crippen LogP contribution in [0.25, 0.3) is 0 Å². The fourth-order valence-electron chi connectivity index (χ4n) is 2.09. The minimum absolute atomic E-state index is 0.0144. The maximum Gasteiger partial charge on any atom is 0.123 e. The zero-order valence-corrected chi connectivity index (χ0v) is 9.58. The Hall–Kier alpha value is -0.930. The summed E-state index contributed by atoms with van der Waals surface area (Å²) in [6, 6.07) is 6.70. The molecule has 0 saturated carbocycles. The summed E-state index contributed by atoms with van der Waals surface area (Å²) in [5.74, 6) is -0.191. The third kappa shape index (κ3) is 2.80. The fourth-order valence-corrected chi connectivity index (χ4v) is 2.09. The van der Waals surface area contributed by atoms with Crippen LogP contribution in [0, 0.1) is 5.82 Å². The Morgan fingerprint density at radius 3 is 3.06 bits per heavy atom. The number of ether oxygens (including phenoxy) is 1. The van der Waals surface area contributed by atoms with Crippen molar-refractivity contribution in [2.24, 2.45) is 0 Å². The van der Waals surface area contributed by atoms with Crippen molar-refractivity contribution < 1.29 is 9.13 Å². The summed E-state index contributed by atoms with van der Waals surface area (Å²) in [5.41, 5.74) is 0.939.